The van der Waals surface area contributed by atoms with Crippen LogP contribution < -0.4 is 10.6 Å². The van der Waals surface area contributed by atoms with Crippen LogP contribution in [0.15, 0.2) is 67.3 Å². The molecule has 5 rings (SSSR count). The van der Waals surface area contributed by atoms with Gasteiger partial charge < -0.3 is 20.3 Å². The van der Waals surface area contributed by atoms with Gasteiger partial charge >= 0.3 is 0 Å². The number of nitrogens with zero attached hydrogens (tertiary/aromatic N) is 5. The summed E-state index contributed by atoms with van der Waals surface area (Å²) in [6.07, 6.45) is 5.24. The van der Waals surface area contributed by atoms with Crippen LogP contribution in [0.3, 0.4) is 0 Å². The van der Waals surface area contributed by atoms with Gasteiger partial charge in [0.1, 0.15) is 17.7 Å². The molecule has 0 radical (unpaired) electrons. The maximum absolute atomic E-state index is 13.6. The zero-order chi connectivity index (χ0) is 26.0. The molecule has 5 aromatic rings. The second-order valence-electron chi connectivity index (χ2n) is 9.64. The minimum Gasteiger partial charge on any atom is -0.390 e. The summed E-state index contributed by atoms with van der Waals surface area (Å²) >= 11 is 0. The lowest BCUT2D eigenvalue weighted by molar-refractivity contribution is -0.124. The van der Waals surface area contributed by atoms with E-state index in [-0.39, 0.29) is 18.1 Å². The molecule has 0 saturated carbocycles. The van der Waals surface area contributed by atoms with Crippen LogP contribution in [-0.4, -0.2) is 47.5 Å². The van der Waals surface area contributed by atoms with Gasteiger partial charge in [0.15, 0.2) is 5.82 Å². The van der Waals surface area contributed by atoms with E-state index < -0.39 is 5.60 Å². The fourth-order valence-corrected chi connectivity index (χ4v) is 4.32. The molecule has 3 aromatic heterocycles. The molecule has 37 heavy (non-hydrogen) atoms. The number of aliphatic hydroxyl groups is 1. The molecule has 0 saturated heterocycles. The van der Waals surface area contributed by atoms with Crippen molar-refractivity contribution in [2.45, 2.75) is 39.0 Å². The second-order valence-corrected chi connectivity index (χ2v) is 9.64. The third-order valence-corrected chi connectivity index (χ3v) is 5.94. The number of amides is 1. The summed E-state index contributed by atoms with van der Waals surface area (Å²) in [5, 5.41) is 21.5. The number of hydrogen-bond donors (Lipinski definition) is 3. The second kappa shape index (κ2) is 9.98. The van der Waals surface area contributed by atoms with Gasteiger partial charge in [-0.05, 0) is 55.8 Å². The van der Waals surface area contributed by atoms with E-state index in [1.807, 2.05) is 45.8 Å². The number of carbonyl (C=O) groups excluding carboxylic acids is 1. The normalized spacial score (nSPS) is 11.8. The SMILES string of the molecule is CC(C)(O)CC(=O)NCCn1ccc2ncnc(Nc3ccc4c(cnn4Cc4cccc(F)c4)c3)c21. The predicted molar refractivity (Wildman–Crippen MR) is 140 cm³/mol. The van der Waals surface area contributed by atoms with Gasteiger partial charge in [0.05, 0.1) is 35.8 Å². The molecule has 0 unspecified atom stereocenters. The Labute approximate surface area is 213 Å². The molecule has 190 valence electrons. The highest BCUT2D eigenvalue weighted by atomic mass is 19.1. The maximum atomic E-state index is 13.6. The fraction of sp³-hybridized carbons (Fsp3) is 0.259. The number of anilines is 2. The number of halogens is 1. The van der Waals surface area contributed by atoms with Crippen molar-refractivity contribution in [1.82, 2.24) is 29.6 Å². The molecular formula is C27H28FN7O2. The number of hydrogen-bond acceptors (Lipinski definition) is 6. The molecule has 0 atom stereocenters. The molecule has 3 heterocycles. The Morgan fingerprint density at radius 2 is 2.00 bits per heavy atom. The summed E-state index contributed by atoms with van der Waals surface area (Å²) in [5.41, 5.74) is 3.17. The molecule has 10 heteroatoms. The summed E-state index contributed by atoms with van der Waals surface area (Å²) in [7, 11) is 0. The third-order valence-electron chi connectivity index (χ3n) is 5.94. The maximum Gasteiger partial charge on any atom is 0.222 e. The van der Waals surface area contributed by atoms with Crippen LogP contribution >= 0.6 is 0 Å². The topological polar surface area (TPSA) is 110 Å². The Hall–Kier alpha value is -4.31. The molecule has 0 spiro atoms. The van der Waals surface area contributed by atoms with Crippen LogP contribution in [0.5, 0.6) is 0 Å². The van der Waals surface area contributed by atoms with Gasteiger partial charge in [0, 0.05) is 30.4 Å². The van der Waals surface area contributed by atoms with Crippen molar-refractivity contribution in [3.63, 3.8) is 0 Å². The standard InChI is InChI=1S/C27H28FN7O2/c1-27(2,37)14-24(36)29-9-11-34-10-8-22-25(34)26(31-17-30-22)33-21-6-7-23-19(13-21)15-32-35(23)16-18-4-3-5-20(28)12-18/h3-8,10,12-13,15,17,37H,9,11,14,16H2,1-2H3,(H,29,36)(H,30,31,33). The first-order chi connectivity index (χ1) is 17.7. The average molecular weight is 502 g/mol. The van der Waals surface area contributed by atoms with Crippen molar-refractivity contribution in [2.75, 3.05) is 11.9 Å². The summed E-state index contributed by atoms with van der Waals surface area (Å²) in [4.78, 5) is 20.9. The van der Waals surface area contributed by atoms with E-state index in [0.29, 0.717) is 25.5 Å². The minimum atomic E-state index is -1.05. The zero-order valence-corrected chi connectivity index (χ0v) is 20.6. The predicted octanol–water partition coefficient (Wildman–Crippen LogP) is 3.99. The minimum absolute atomic E-state index is 0.0383. The number of benzene rings is 2. The van der Waals surface area contributed by atoms with E-state index in [2.05, 4.69) is 25.7 Å². The van der Waals surface area contributed by atoms with Crippen molar-refractivity contribution >= 4 is 39.3 Å². The van der Waals surface area contributed by atoms with Gasteiger partial charge in [-0.3, -0.25) is 9.48 Å². The monoisotopic (exact) mass is 501 g/mol. The summed E-state index contributed by atoms with van der Waals surface area (Å²) in [5.74, 6) is 0.173. The highest BCUT2D eigenvalue weighted by Crippen LogP contribution is 2.26. The molecule has 1 amide bonds. The van der Waals surface area contributed by atoms with Crippen LogP contribution in [0.4, 0.5) is 15.9 Å². The first-order valence-corrected chi connectivity index (χ1v) is 12.0. The zero-order valence-electron chi connectivity index (χ0n) is 20.6. The first kappa shape index (κ1) is 24.4. The van der Waals surface area contributed by atoms with Gasteiger partial charge in [-0.1, -0.05) is 12.1 Å². The van der Waals surface area contributed by atoms with E-state index in [1.54, 1.807) is 26.1 Å². The van der Waals surface area contributed by atoms with E-state index >= 15 is 0 Å². The summed E-state index contributed by atoms with van der Waals surface area (Å²) < 4.78 is 17.4. The number of nitrogens with one attached hydrogen (secondary N) is 2. The van der Waals surface area contributed by atoms with Gasteiger partial charge in [-0.2, -0.15) is 5.10 Å². The van der Waals surface area contributed by atoms with Crippen LogP contribution in [0, 0.1) is 5.82 Å². The molecule has 9 nitrogen and oxygen atoms in total. The van der Waals surface area contributed by atoms with Crippen LogP contribution in [0.1, 0.15) is 25.8 Å². The van der Waals surface area contributed by atoms with E-state index in [0.717, 1.165) is 33.2 Å². The fourth-order valence-electron chi connectivity index (χ4n) is 4.32. The number of fused-ring (bicyclic) bond motifs is 2. The summed E-state index contributed by atoms with van der Waals surface area (Å²) in [6.45, 7) is 4.61. The Morgan fingerprint density at radius 3 is 2.81 bits per heavy atom. The Morgan fingerprint density at radius 1 is 1.14 bits per heavy atom. The largest absolute Gasteiger partial charge is 0.390 e. The van der Waals surface area contributed by atoms with Crippen molar-refractivity contribution in [3.05, 3.63) is 78.6 Å². The van der Waals surface area contributed by atoms with Gasteiger partial charge in [0.25, 0.3) is 0 Å². The Bertz CT molecular complexity index is 1570. The Balaban J connectivity index is 1.32. The van der Waals surface area contributed by atoms with E-state index in [1.165, 1.54) is 18.5 Å². The molecule has 0 bridgehead atoms. The van der Waals surface area contributed by atoms with Crippen molar-refractivity contribution in [3.8, 4) is 0 Å². The van der Waals surface area contributed by atoms with E-state index in [9.17, 15) is 14.3 Å². The third kappa shape index (κ3) is 5.75. The first-order valence-electron chi connectivity index (χ1n) is 12.0. The average Bonchev–Trinajstić information content (AvgIpc) is 3.43. The number of aromatic nitrogens is 5. The highest BCUT2D eigenvalue weighted by Gasteiger charge is 2.18. The van der Waals surface area contributed by atoms with Crippen LogP contribution in [0.25, 0.3) is 21.9 Å². The highest BCUT2D eigenvalue weighted by molar-refractivity contribution is 5.90. The van der Waals surface area contributed by atoms with Crippen molar-refractivity contribution in [2.24, 2.45) is 0 Å². The van der Waals surface area contributed by atoms with Crippen molar-refractivity contribution < 1.29 is 14.3 Å². The molecule has 0 fully saturated rings. The lowest BCUT2D eigenvalue weighted by Crippen LogP contribution is -2.33. The quantitative estimate of drug-likeness (QED) is 0.282. The van der Waals surface area contributed by atoms with Crippen molar-refractivity contribution in [1.29, 1.82) is 0 Å². The molecule has 2 aromatic carbocycles. The lowest BCUT2D eigenvalue weighted by Gasteiger charge is -2.16. The van der Waals surface area contributed by atoms with Crippen LogP contribution in [-0.2, 0) is 17.9 Å². The molecular weight excluding hydrogens is 473 g/mol. The molecule has 3 N–H and O–H groups in total. The molecule has 0 aliphatic carbocycles. The Kier molecular flexibility index (Phi) is 6.58. The van der Waals surface area contributed by atoms with Gasteiger partial charge in [-0.25, -0.2) is 14.4 Å². The van der Waals surface area contributed by atoms with Gasteiger partial charge in [-0.15, -0.1) is 0 Å². The smallest absolute Gasteiger partial charge is 0.222 e. The molecule has 0 aliphatic rings. The lowest BCUT2D eigenvalue weighted by atomic mass is 10.1. The molecule has 0 aliphatic heterocycles. The summed E-state index contributed by atoms with van der Waals surface area (Å²) in [6, 6.07) is 14.3. The van der Waals surface area contributed by atoms with Crippen LogP contribution in [0.2, 0.25) is 0 Å². The number of rotatable bonds is 9. The van der Waals surface area contributed by atoms with Gasteiger partial charge in [0.2, 0.25) is 5.91 Å². The number of carbonyl (C=O) groups is 1. The van der Waals surface area contributed by atoms with E-state index in [4.69, 9.17) is 0 Å².